The Bertz CT molecular complexity index is 415. The quantitative estimate of drug-likeness (QED) is 0.864. The molecule has 0 unspecified atom stereocenters. The molecule has 0 aromatic heterocycles. The maximum Gasteiger partial charge on any atom is 0.126 e. The number of ether oxygens (including phenoxy) is 1. The van der Waals surface area contributed by atoms with Crippen LogP contribution in [0.4, 0.5) is 0 Å². The Morgan fingerprint density at radius 1 is 1.35 bits per heavy atom. The number of halogens is 1. The molecule has 0 radical (unpaired) electrons. The average Bonchev–Trinajstić information content (AvgIpc) is 2.52. The molecule has 2 nitrogen and oxygen atoms in total. The summed E-state index contributed by atoms with van der Waals surface area (Å²) < 4.78 is 7.21. The van der Waals surface area contributed by atoms with Crippen molar-refractivity contribution in [2.75, 3.05) is 6.54 Å². The second-order valence-corrected chi connectivity index (χ2v) is 6.25. The van der Waals surface area contributed by atoms with E-state index < -0.39 is 0 Å². The molecule has 94 valence electrons. The predicted octanol–water partition coefficient (Wildman–Crippen LogP) is 3.44. The third-order valence-electron chi connectivity index (χ3n) is 3.10. The van der Waals surface area contributed by atoms with E-state index in [1.54, 1.807) is 0 Å². The Labute approximate surface area is 112 Å². The highest BCUT2D eigenvalue weighted by Gasteiger charge is 2.31. The molecule has 1 aliphatic rings. The number of nitrogens with two attached hydrogens (primary N) is 1. The van der Waals surface area contributed by atoms with E-state index in [0.29, 0.717) is 0 Å². The van der Waals surface area contributed by atoms with Gasteiger partial charge in [0.25, 0.3) is 0 Å². The summed E-state index contributed by atoms with van der Waals surface area (Å²) in [6, 6.07) is 4.35. The topological polar surface area (TPSA) is 35.2 Å². The van der Waals surface area contributed by atoms with Crippen LogP contribution in [0.5, 0.6) is 5.75 Å². The first-order chi connectivity index (χ1) is 8.02. The van der Waals surface area contributed by atoms with Crippen molar-refractivity contribution in [3.8, 4) is 5.75 Å². The minimum atomic E-state index is -0.0637. The van der Waals surface area contributed by atoms with Crippen LogP contribution in [0.15, 0.2) is 16.6 Å². The molecule has 2 N–H and O–H groups in total. The molecule has 17 heavy (non-hydrogen) atoms. The normalized spacial score (nSPS) is 16.7. The van der Waals surface area contributed by atoms with Gasteiger partial charge in [0.1, 0.15) is 11.4 Å². The van der Waals surface area contributed by atoms with Gasteiger partial charge in [-0.1, -0.05) is 15.9 Å². The van der Waals surface area contributed by atoms with Crippen molar-refractivity contribution in [1.82, 2.24) is 0 Å². The molecule has 0 saturated heterocycles. The minimum Gasteiger partial charge on any atom is -0.487 e. The number of benzene rings is 1. The van der Waals surface area contributed by atoms with Crippen molar-refractivity contribution in [3.05, 3.63) is 27.7 Å². The largest absolute Gasteiger partial charge is 0.487 e. The summed E-state index contributed by atoms with van der Waals surface area (Å²) in [6.07, 6.45) is 4.24. The van der Waals surface area contributed by atoms with Crippen LogP contribution < -0.4 is 10.5 Å². The highest BCUT2D eigenvalue weighted by atomic mass is 79.9. The van der Waals surface area contributed by atoms with Crippen molar-refractivity contribution >= 4 is 15.9 Å². The number of rotatable bonds is 4. The van der Waals surface area contributed by atoms with Crippen molar-refractivity contribution in [3.63, 3.8) is 0 Å². The Hall–Kier alpha value is -0.540. The van der Waals surface area contributed by atoms with E-state index in [4.69, 9.17) is 10.5 Å². The highest BCUT2D eigenvalue weighted by Crippen LogP contribution is 2.40. The fourth-order valence-electron chi connectivity index (χ4n) is 2.39. The fourth-order valence-corrected chi connectivity index (χ4v) is 2.94. The van der Waals surface area contributed by atoms with Gasteiger partial charge in [-0.2, -0.15) is 0 Å². The maximum atomic E-state index is 6.06. The summed E-state index contributed by atoms with van der Waals surface area (Å²) in [7, 11) is 0. The van der Waals surface area contributed by atoms with Gasteiger partial charge in [-0.15, -0.1) is 0 Å². The third-order valence-corrected chi connectivity index (χ3v) is 3.56. The van der Waals surface area contributed by atoms with Gasteiger partial charge in [0.2, 0.25) is 0 Å². The van der Waals surface area contributed by atoms with Crippen molar-refractivity contribution in [2.45, 2.75) is 45.1 Å². The molecule has 0 spiro atoms. The van der Waals surface area contributed by atoms with E-state index in [9.17, 15) is 0 Å². The van der Waals surface area contributed by atoms with Gasteiger partial charge < -0.3 is 10.5 Å². The van der Waals surface area contributed by atoms with E-state index in [1.807, 2.05) is 0 Å². The summed E-state index contributed by atoms with van der Waals surface area (Å²) in [6.45, 7) is 5.05. The fraction of sp³-hybridized carbons (Fsp3) is 0.571. The van der Waals surface area contributed by atoms with Gasteiger partial charge in [0.05, 0.1) is 0 Å². The SMILES string of the molecule is CC1(C)Cc2cc(Br)cc(CCCCN)c2O1. The monoisotopic (exact) mass is 297 g/mol. The first-order valence-electron chi connectivity index (χ1n) is 6.22. The minimum absolute atomic E-state index is 0.0637. The molecule has 0 fully saturated rings. The lowest BCUT2D eigenvalue weighted by Crippen LogP contribution is -2.24. The Kier molecular flexibility index (Phi) is 3.79. The molecule has 1 aromatic carbocycles. The Balaban J connectivity index is 2.22. The van der Waals surface area contributed by atoms with Gasteiger partial charge in [0, 0.05) is 10.9 Å². The molecule has 0 amide bonds. The van der Waals surface area contributed by atoms with E-state index >= 15 is 0 Å². The van der Waals surface area contributed by atoms with Crippen LogP contribution >= 0.6 is 15.9 Å². The van der Waals surface area contributed by atoms with E-state index in [-0.39, 0.29) is 5.60 Å². The van der Waals surface area contributed by atoms with Crippen LogP contribution in [0.2, 0.25) is 0 Å². The van der Waals surface area contributed by atoms with E-state index in [1.165, 1.54) is 11.1 Å². The zero-order valence-electron chi connectivity index (χ0n) is 10.6. The molecule has 2 rings (SSSR count). The van der Waals surface area contributed by atoms with Gasteiger partial charge in [0.15, 0.2) is 0 Å². The lowest BCUT2D eigenvalue weighted by Gasteiger charge is -2.18. The third kappa shape index (κ3) is 3.02. The van der Waals surface area contributed by atoms with Gasteiger partial charge >= 0.3 is 0 Å². The summed E-state index contributed by atoms with van der Waals surface area (Å²) in [5.41, 5.74) is 8.11. The van der Waals surface area contributed by atoms with E-state index in [2.05, 4.69) is 41.9 Å². The molecule has 0 bridgehead atoms. The molecule has 0 aliphatic carbocycles. The molecule has 1 heterocycles. The van der Waals surface area contributed by atoms with Crippen LogP contribution in [-0.2, 0) is 12.8 Å². The predicted molar refractivity (Wildman–Crippen MR) is 74.5 cm³/mol. The van der Waals surface area contributed by atoms with Crippen molar-refractivity contribution in [2.24, 2.45) is 5.73 Å². The number of fused-ring (bicyclic) bond motifs is 1. The molecule has 0 saturated carbocycles. The van der Waals surface area contributed by atoms with Crippen LogP contribution in [0.25, 0.3) is 0 Å². The first kappa shape index (κ1) is 12.9. The number of hydrogen-bond acceptors (Lipinski definition) is 2. The first-order valence-corrected chi connectivity index (χ1v) is 7.01. The number of hydrogen-bond donors (Lipinski definition) is 1. The lowest BCUT2D eigenvalue weighted by molar-refractivity contribution is 0.137. The zero-order valence-corrected chi connectivity index (χ0v) is 12.1. The summed E-state index contributed by atoms with van der Waals surface area (Å²) in [5, 5.41) is 0. The molecular formula is C14H20BrNO. The maximum absolute atomic E-state index is 6.06. The summed E-state index contributed by atoms with van der Waals surface area (Å²) in [4.78, 5) is 0. The molecule has 1 aliphatic heterocycles. The van der Waals surface area contributed by atoms with Crippen LogP contribution in [0, 0.1) is 0 Å². The van der Waals surface area contributed by atoms with Crippen molar-refractivity contribution in [1.29, 1.82) is 0 Å². The summed E-state index contributed by atoms with van der Waals surface area (Å²) >= 11 is 3.58. The number of unbranched alkanes of at least 4 members (excludes halogenated alkanes) is 1. The standard InChI is InChI=1S/C14H20BrNO/c1-14(2)9-11-8-12(15)7-10(13(11)17-14)5-3-4-6-16/h7-8H,3-6,9,16H2,1-2H3. The average molecular weight is 298 g/mol. The lowest BCUT2D eigenvalue weighted by atomic mass is 9.99. The van der Waals surface area contributed by atoms with Gasteiger partial charge in [-0.3, -0.25) is 0 Å². The van der Waals surface area contributed by atoms with E-state index in [0.717, 1.165) is 42.5 Å². The molecular weight excluding hydrogens is 278 g/mol. The van der Waals surface area contributed by atoms with Crippen LogP contribution in [0.1, 0.15) is 37.8 Å². The Morgan fingerprint density at radius 3 is 2.82 bits per heavy atom. The van der Waals surface area contributed by atoms with Crippen molar-refractivity contribution < 1.29 is 4.74 Å². The second-order valence-electron chi connectivity index (χ2n) is 5.34. The molecule has 0 atom stereocenters. The van der Waals surface area contributed by atoms with Gasteiger partial charge in [-0.05, 0) is 62.9 Å². The zero-order chi connectivity index (χ0) is 12.5. The molecule has 1 aromatic rings. The Morgan fingerprint density at radius 2 is 2.12 bits per heavy atom. The number of aryl methyl sites for hydroxylation is 1. The van der Waals surface area contributed by atoms with Gasteiger partial charge in [-0.25, -0.2) is 0 Å². The van der Waals surface area contributed by atoms with Crippen LogP contribution in [0.3, 0.4) is 0 Å². The van der Waals surface area contributed by atoms with Crippen LogP contribution in [-0.4, -0.2) is 12.1 Å². The second kappa shape index (κ2) is 4.99. The summed E-state index contributed by atoms with van der Waals surface area (Å²) in [5.74, 6) is 1.11. The molecule has 3 heteroatoms. The smallest absolute Gasteiger partial charge is 0.126 e. The highest BCUT2D eigenvalue weighted by molar-refractivity contribution is 9.10.